The van der Waals surface area contributed by atoms with Crippen LogP contribution >= 0.6 is 0 Å². The Morgan fingerprint density at radius 1 is 1.44 bits per heavy atom. The van der Waals surface area contributed by atoms with Crippen molar-refractivity contribution in [3.8, 4) is 12.3 Å². The van der Waals surface area contributed by atoms with Crippen LogP contribution in [0.2, 0.25) is 0 Å². The van der Waals surface area contributed by atoms with Crippen molar-refractivity contribution in [2.45, 2.75) is 26.8 Å². The van der Waals surface area contributed by atoms with Crippen molar-refractivity contribution in [3.05, 3.63) is 29.3 Å². The highest BCUT2D eigenvalue weighted by molar-refractivity contribution is 5.48. The molecule has 0 fully saturated rings. The van der Waals surface area contributed by atoms with E-state index in [1.807, 2.05) is 12.1 Å². The molecule has 0 atom stereocenters. The Labute approximate surface area is 98.4 Å². The molecule has 0 aromatic heterocycles. The van der Waals surface area contributed by atoms with E-state index in [-0.39, 0.29) is 0 Å². The monoisotopic (exact) mass is 216 g/mol. The first-order valence-electron chi connectivity index (χ1n) is 5.68. The molecule has 0 heterocycles. The lowest BCUT2D eigenvalue weighted by Gasteiger charge is -2.20. The van der Waals surface area contributed by atoms with E-state index in [1.54, 1.807) is 0 Å². The van der Waals surface area contributed by atoms with Crippen LogP contribution in [0, 0.1) is 19.3 Å². The van der Waals surface area contributed by atoms with Gasteiger partial charge in [-0.1, -0.05) is 30.5 Å². The highest BCUT2D eigenvalue weighted by atomic mass is 15.1. The number of anilines is 1. The van der Waals surface area contributed by atoms with E-state index in [0.717, 1.165) is 25.2 Å². The second kappa shape index (κ2) is 6.19. The average Bonchev–Trinajstić information content (AvgIpc) is 2.24. The molecule has 0 amide bonds. The zero-order valence-electron chi connectivity index (χ0n) is 10.2. The predicted octanol–water partition coefficient (Wildman–Crippen LogP) is 2.42. The highest BCUT2D eigenvalue weighted by Crippen LogP contribution is 2.16. The standard InChI is InChI=1S/C14H20N2/c1-4-8-16(9-5-2)11-13-10-12(3)6-7-14(13)15/h1,6-7,10H,5,8-9,11,15H2,2-3H3. The minimum Gasteiger partial charge on any atom is -0.398 e. The fourth-order valence-electron chi connectivity index (χ4n) is 1.77. The quantitative estimate of drug-likeness (QED) is 0.605. The summed E-state index contributed by atoms with van der Waals surface area (Å²) in [6.45, 7) is 6.77. The van der Waals surface area contributed by atoms with Gasteiger partial charge in [-0.15, -0.1) is 6.42 Å². The molecule has 0 radical (unpaired) electrons. The summed E-state index contributed by atoms with van der Waals surface area (Å²) in [4.78, 5) is 2.24. The average molecular weight is 216 g/mol. The second-order valence-corrected chi connectivity index (χ2v) is 4.12. The Morgan fingerprint density at radius 3 is 2.81 bits per heavy atom. The van der Waals surface area contributed by atoms with E-state index in [4.69, 9.17) is 12.2 Å². The minimum atomic E-state index is 0.682. The number of nitrogen functional groups attached to an aromatic ring is 1. The molecule has 0 unspecified atom stereocenters. The number of aryl methyl sites for hydroxylation is 1. The van der Waals surface area contributed by atoms with E-state index in [0.29, 0.717) is 6.54 Å². The van der Waals surface area contributed by atoms with E-state index < -0.39 is 0 Å². The maximum absolute atomic E-state index is 5.95. The molecule has 0 spiro atoms. The molecular formula is C14H20N2. The van der Waals surface area contributed by atoms with Crippen LogP contribution in [0.3, 0.4) is 0 Å². The molecule has 0 saturated carbocycles. The van der Waals surface area contributed by atoms with Gasteiger partial charge in [0.1, 0.15) is 0 Å². The molecule has 0 aliphatic rings. The highest BCUT2D eigenvalue weighted by Gasteiger charge is 2.06. The van der Waals surface area contributed by atoms with Gasteiger partial charge >= 0.3 is 0 Å². The Kier molecular flexibility index (Phi) is 4.88. The predicted molar refractivity (Wildman–Crippen MR) is 70.0 cm³/mol. The van der Waals surface area contributed by atoms with Crippen LogP contribution in [-0.4, -0.2) is 18.0 Å². The second-order valence-electron chi connectivity index (χ2n) is 4.12. The largest absolute Gasteiger partial charge is 0.398 e. The maximum Gasteiger partial charge on any atom is 0.0601 e. The first kappa shape index (κ1) is 12.6. The van der Waals surface area contributed by atoms with Gasteiger partial charge in [0.25, 0.3) is 0 Å². The van der Waals surface area contributed by atoms with Crippen LogP contribution in [-0.2, 0) is 6.54 Å². The van der Waals surface area contributed by atoms with E-state index >= 15 is 0 Å². The van der Waals surface area contributed by atoms with Crippen molar-refractivity contribution in [2.75, 3.05) is 18.8 Å². The number of rotatable bonds is 5. The third kappa shape index (κ3) is 3.60. The maximum atomic E-state index is 5.95. The summed E-state index contributed by atoms with van der Waals surface area (Å²) in [5, 5.41) is 0. The normalized spacial score (nSPS) is 10.4. The number of nitrogens with zero attached hydrogens (tertiary/aromatic N) is 1. The van der Waals surface area contributed by atoms with Gasteiger partial charge in [-0.25, -0.2) is 0 Å². The lowest BCUT2D eigenvalue weighted by atomic mass is 10.1. The fourth-order valence-corrected chi connectivity index (χ4v) is 1.77. The van der Waals surface area contributed by atoms with E-state index in [9.17, 15) is 0 Å². The molecule has 1 aromatic carbocycles. The molecule has 0 saturated heterocycles. The van der Waals surface area contributed by atoms with Crippen LogP contribution in [0.25, 0.3) is 0 Å². The van der Waals surface area contributed by atoms with Gasteiger partial charge in [-0.2, -0.15) is 0 Å². The first-order chi connectivity index (χ1) is 7.67. The van der Waals surface area contributed by atoms with Crippen LogP contribution in [0.5, 0.6) is 0 Å². The summed E-state index contributed by atoms with van der Waals surface area (Å²) in [6, 6.07) is 6.13. The summed E-state index contributed by atoms with van der Waals surface area (Å²) >= 11 is 0. The molecule has 2 heteroatoms. The van der Waals surface area contributed by atoms with Crippen molar-refractivity contribution < 1.29 is 0 Å². The van der Waals surface area contributed by atoms with Gasteiger partial charge in [-0.05, 0) is 31.5 Å². The van der Waals surface area contributed by atoms with Gasteiger partial charge in [0, 0.05) is 12.2 Å². The third-order valence-electron chi connectivity index (χ3n) is 2.55. The van der Waals surface area contributed by atoms with Crippen LogP contribution in [0.15, 0.2) is 18.2 Å². The molecular weight excluding hydrogens is 196 g/mol. The Morgan fingerprint density at radius 2 is 2.19 bits per heavy atom. The number of terminal acetylenes is 1. The van der Waals surface area contributed by atoms with Crippen molar-refractivity contribution in [3.63, 3.8) is 0 Å². The molecule has 0 aliphatic carbocycles. The number of nitrogens with two attached hydrogens (primary N) is 1. The zero-order valence-corrected chi connectivity index (χ0v) is 10.2. The Balaban J connectivity index is 2.76. The van der Waals surface area contributed by atoms with Gasteiger partial charge < -0.3 is 5.73 Å². The lowest BCUT2D eigenvalue weighted by molar-refractivity contribution is 0.300. The molecule has 2 N–H and O–H groups in total. The molecule has 86 valence electrons. The number of hydrogen-bond acceptors (Lipinski definition) is 2. The number of hydrogen-bond donors (Lipinski definition) is 1. The molecule has 16 heavy (non-hydrogen) atoms. The van der Waals surface area contributed by atoms with Gasteiger partial charge in [-0.3, -0.25) is 4.90 Å². The van der Waals surface area contributed by atoms with Gasteiger partial charge in [0.2, 0.25) is 0 Å². The molecule has 1 rings (SSSR count). The van der Waals surface area contributed by atoms with Gasteiger partial charge in [0.15, 0.2) is 0 Å². The lowest BCUT2D eigenvalue weighted by Crippen LogP contribution is -2.24. The van der Waals surface area contributed by atoms with E-state index in [2.05, 4.69) is 30.7 Å². The van der Waals surface area contributed by atoms with Crippen LogP contribution in [0.4, 0.5) is 5.69 Å². The van der Waals surface area contributed by atoms with Crippen LogP contribution < -0.4 is 5.73 Å². The topological polar surface area (TPSA) is 29.3 Å². The summed E-state index contributed by atoms with van der Waals surface area (Å²) in [5.74, 6) is 2.69. The Bertz CT molecular complexity index is 377. The molecule has 2 nitrogen and oxygen atoms in total. The first-order valence-corrected chi connectivity index (χ1v) is 5.68. The molecule has 0 aliphatic heterocycles. The van der Waals surface area contributed by atoms with Gasteiger partial charge in [0.05, 0.1) is 6.54 Å². The SMILES string of the molecule is C#CCN(CCC)Cc1cc(C)ccc1N. The summed E-state index contributed by atoms with van der Waals surface area (Å²) in [5.41, 5.74) is 9.21. The Hall–Kier alpha value is -1.46. The smallest absolute Gasteiger partial charge is 0.0601 e. The zero-order chi connectivity index (χ0) is 12.0. The van der Waals surface area contributed by atoms with Crippen molar-refractivity contribution in [2.24, 2.45) is 0 Å². The van der Waals surface area contributed by atoms with Crippen molar-refractivity contribution in [1.82, 2.24) is 4.90 Å². The van der Waals surface area contributed by atoms with Crippen molar-refractivity contribution in [1.29, 1.82) is 0 Å². The summed E-state index contributed by atoms with van der Waals surface area (Å²) in [7, 11) is 0. The summed E-state index contributed by atoms with van der Waals surface area (Å²) in [6.07, 6.45) is 6.46. The van der Waals surface area contributed by atoms with Crippen LogP contribution in [0.1, 0.15) is 24.5 Å². The number of benzene rings is 1. The third-order valence-corrected chi connectivity index (χ3v) is 2.55. The van der Waals surface area contributed by atoms with E-state index in [1.165, 1.54) is 11.1 Å². The fraction of sp³-hybridized carbons (Fsp3) is 0.429. The summed E-state index contributed by atoms with van der Waals surface area (Å²) < 4.78 is 0. The minimum absolute atomic E-state index is 0.682. The molecule has 0 bridgehead atoms. The molecule has 1 aromatic rings. The van der Waals surface area contributed by atoms with Crippen molar-refractivity contribution >= 4 is 5.69 Å².